The molecule has 3 amide bonds. The Hall–Kier alpha value is -3.40. The van der Waals surface area contributed by atoms with E-state index in [9.17, 15) is 14.4 Å². The summed E-state index contributed by atoms with van der Waals surface area (Å²) < 4.78 is 1.86. The van der Waals surface area contributed by atoms with Crippen LogP contribution in [0.4, 0.5) is 5.69 Å². The first kappa shape index (κ1) is 22.8. The third-order valence-corrected chi connectivity index (χ3v) is 6.17. The summed E-state index contributed by atoms with van der Waals surface area (Å²) in [6, 6.07) is 12.1. The number of benzene rings is 1. The molecule has 3 heterocycles. The van der Waals surface area contributed by atoms with Crippen molar-refractivity contribution in [1.29, 1.82) is 0 Å². The number of hydrogen-bond acceptors (Lipinski definition) is 6. The molecule has 0 spiro atoms. The molecular weight excluding hydrogens is 440 g/mol. The lowest BCUT2D eigenvalue weighted by Crippen LogP contribution is -2.39. The molecule has 1 unspecified atom stereocenters. The standard InChI is InChI=1S/C23H26N6O3S/c1-33-14-11-18(22-27-26-19-5-2-3-12-29(19)22)25-20(30)15-24-23(32)16-7-9-17(10-8-16)28-13-4-6-21(28)31/h2-3,5,7-10,12,18H,4,6,11,13-15H2,1H3,(H,24,32)(H,25,30). The van der Waals surface area contributed by atoms with Crippen molar-refractivity contribution in [3.05, 3.63) is 60.0 Å². The molecule has 1 aliphatic heterocycles. The summed E-state index contributed by atoms with van der Waals surface area (Å²) in [6.45, 7) is 0.543. The molecular formula is C23H26N6O3S. The number of hydrogen-bond donors (Lipinski definition) is 2. The second-order valence-electron chi connectivity index (χ2n) is 7.77. The van der Waals surface area contributed by atoms with Gasteiger partial charge in [-0.3, -0.25) is 18.8 Å². The van der Waals surface area contributed by atoms with Gasteiger partial charge in [0.1, 0.15) is 0 Å². The Morgan fingerprint density at radius 1 is 1.15 bits per heavy atom. The summed E-state index contributed by atoms with van der Waals surface area (Å²) in [5.41, 5.74) is 1.92. The van der Waals surface area contributed by atoms with Crippen molar-refractivity contribution >= 4 is 40.8 Å². The lowest BCUT2D eigenvalue weighted by Gasteiger charge is -2.17. The molecule has 3 aromatic rings. The van der Waals surface area contributed by atoms with Crippen LogP contribution in [0.15, 0.2) is 48.7 Å². The van der Waals surface area contributed by atoms with E-state index >= 15 is 0 Å². The summed E-state index contributed by atoms with van der Waals surface area (Å²) in [7, 11) is 0. The Morgan fingerprint density at radius 3 is 2.70 bits per heavy atom. The van der Waals surface area contributed by atoms with Gasteiger partial charge in [-0.25, -0.2) is 0 Å². The molecule has 0 aliphatic carbocycles. The molecule has 10 heteroatoms. The maximum Gasteiger partial charge on any atom is 0.251 e. The van der Waals surface area contributed by atoms with Crippen LogP contribution in [0.2, 0.25) is 0 Å². The van der Waals surface area contributed by atoms with Gasteiger partial charge in [-0.15, -0.1) is 10.2 Å². The molecule has 2 N–H and O–H groups in total. The van der Waals surface area contributed by atoms with Crippen molar-refractivity contribution in [3.8, 4) is 0 Å². The fourth-order valence-electron chi connectivity index (χ4n) is 3.82. The molecule has 1 atom stereocenters. The van der Waals surface area contributed by atoms with E-state index < -0.39 is 0 Å². The highest BCUT2D eigenvalue weighted by atomic mass is 32.2. The number of fused-ring (bicyclic) bond motifs is 1. The number of nitrogens with one attached hydrogen (secondary N) is 2. The average molecular weight is 467 g/mol. The minimum Gasteiger partial charge on any atom is -0.344 e. The molecule has 0 bridgehead atoms. The molecule has 1 aliphatic rings. The van der Waals surface area contributed by atoms with E-state index in [0.29, 0.717) is 36.4 Å². The van der Waals surface area contributed by atoms with Gasteiger partial charge in [-0.2, -0.15) is 11.8 Å². The summed E-state index contributed by atoms with van der Waals surface area (Å²) in [5.74, 6) is 0.941. The normalized spacial score (nSPS) is 14.5. The van der Waals surface area contributed by atoms with Gasteiger partial charge in [0.25, 0.3) is 5.91 Å². The van der Waals surface area contributed by atoms with Crippen LogP contribution >= 0.6 is 11.8 Å². The largest absolute Gasteiger partial charge is 0.344 e. The first-order chi connectivity index (χ1) is 16.1. The van der Waals surface area contributed by atoms with Crippen LogP contribution in [0.1, 0.15) is 41.5 Å². The number of carbonyl (C=O) groups is 3. The van der Waals surface area contributed by atoms with Gasteiger partial charge in [0.2, 0.25) is 11.8 Å². The molecule has 1 fully saturated rings. The maximum atomic E-state index is 12.6. The Balaban J connectivity index is 1.35. The Morgan fingerprint density at radius 2 is 1.97 bits per heavy atom. The summed E-state index contributed by atoms with van der Waals surface area (Å²) in [5, 5.41) is 14.1. The van der Waals surface area contributed by atoms with Crippen molar-refractivity contribution in [2.45, 2.75) is 25.3 Å². The van der Waals surface area contributed by atoms with E-state index in [0.717, 1.165) is 17.9 Å². The molecule has 9 nitrogen and oxygen atoms in total. The predicted molar refractivity (Wildman–Crippen MR) is 127 cm³/mol. The van der Waals surface area contributed by atoms with Gasteiger partial charge in [0.05, 0.1) is 12.6 Å². The minimum absolute atomic E-state index is 0.0975. The number of carbonyl (C=O) groups excluding carboxylic acids is 3. The number of thioether (sulfide) groups is 1. The molecule has 172 valence electrons. The monoisotopic (exact) mass is 466 g/mol. The lowest BCUT2D eigenvalue weighted by atomic mass is 10.2. The number of aromatic nitrogens is 3. The van der Waals surface area contributed by atoms with Crippen LogP contribution in [0, 0.1) is 0 Å². The number of rotatable bonds is 9. The van der Waals surface area contributed by atoms with Crippen LogP contribution in [0.3, 0.4) is 0 Å². The van der Waals surface area contributed by atoms with Crippen LogP contribution < -0.4 is 15.5 Å². The van der Waals surface area contributed by atoms with E-state index in [1.807, 2.05) is 35.1 Å². The maximum absolute atomic E-state index is 12.6. The van der Waals surface area contributed by atoms with Gasteiger partial charge < -0.3 is 15.5 Å². The van der Waals surface area contributed by atoms with Crippen LogP contribution in [-0.2, 0) is 9.59 Å². The third kappa shape index (κ3) is 5.33. The van der Waals surface area contributed by atoms with E-state index in [1.165, 1.54) is 0 Å². The minimum atomic E-state index is -0.349. The molecule has 0 saturated carbocycles. The van der Waals surface area contributed by atoms with Crippen LogP contribution in [0.5, 0.6) is 0 Å². The van der Waals surface area contributed by atoms with Crippen molar-refractivity contribution in [3.63, 3.8) is 0 Å². The predicted octanol–water partition coefficient (Wildman–Crippen LogP) is 2.20. The summed E-state index contributed by atoms with van der Waals surface area (Å²) in [4.78, 5) is 38.7. The zero-order chi connectivity index (χ0) is 23.2. The SMILES string of the molecule is CSCCC(NC(=O)CNC(=O)c1ccc(N2CCCC2=O)cc1)c1nnc2ccccn12. The van der Waals surface area contributed by atoms with Gasteiger partial charge >= 0.3 is 0 Å². The second kappa shape index (κ2) is 10.5. The zero-order valence-electron chi connectivity index (χ0n) is 18.4. The molecule has 33 heavy (non-hydrogen) atoms. The van der Waals surface area contributed by atoms with E-state index in [1.54, 1.807) is 40.9 Å². The highest BCUT2D eigenvalue weighted by Gasteiger charge is 2.22. The molecule has 1 saturated heterocycles. The van der Waals surface area contributed by atoms with Gasteiger partial charge in [0.15, 0.2) is 11.5 Å². The zero-order valence-corrected chi connectivity index (χ0v) is 19.2. The average Bonchev–Trinajstić information content (AvgIpc) is 3.46. The molecule has 0 radical (unpaired) electrons. The van der Waals surface area contributed by atoms with Gasteiger partial charge in [-0.1, -0.05) is 6.07 Å². The topological polar surface area (TPSA) is 109 Å². The first-order valence-electron chi connectivity index (χ1n) is 10.8. The Bertz CT molecular complexity index is 1150. The third-order valence-electron chi connectivity index (χ3n) is 5.52. The van der Waals surface area contributed by atoms with Crippen molar-refractivity contribution < 1.29 is 14.4 Å². The summed E-state index contributed by atoms with van der Waals surface area (Å²) in [6.07, 6.45) is 5.96. The lowest BCUT2D eigenvalue weighted by molar-refractivity contribution is -0.121. The van der Waals surface area contributed by atoms with E-state index in [-0.39, 0.29) is 30.3 Å². The first-order valence-corrected chi connectivity index (χ1v) is 12.2. The number of amides is 3. The Labute approximate surface area is 195 Å². The number of nitrogens with zero attached hydrogens (tertiary/aromatic N) is 4. The second-order valence-corrected chi connectivity index (χ2v) is 8.75. The molecule has 2 aromatic heterocycles. The number of pyridine rings is 1. The number of anilines is 1. The Kier molecular flexibility index (Phi) is 7.23. The molecule has 1 aromatic carbocycles. The summed E-state index contributed by atoms with van der Waals surface area (Å²) >= 11 is 1.68. The van der Waals surface area contributed by atoms with Crippen molar-refractivity contribution in [1.82, 2.24) is 25.2 Å². The smallest absolute Gasteiger partial charge is 0.251 e. The quantitative estimate of drug-likeness (QED) is 0.501. The fraction of sp³-hybridized carbons (Fsp3) is 0.348. The van der Waals surface area contributed by atoms with Crippen LogP contribution in [0.25, 0.3) is 5.65 Å². The molecule has 4 rings (SSSR count). The van der Waals surface area contributed by atoms with Crippen molar-refractivity contribution in [2.75, 3.05) is 30.0 Å². The van der Waals surface area contributed by atoms with Gasteiger partial charge in [0, 0.05) is 30.4 Å². The highest BCUT2D eigenvalue weighted by Crippen LogP contribution is 2.21. The highest BCUT2D eigenvalue weighted by molar-refractivity contribution is 7.98. The van der Waals surface area contributed by atoms with E-state index in [4.69, 9.17) is 0 Å². The van der Waals surface area contributed by atoms with Gasteiger partial charge in [-0.05, 0) is 61.2 Å². The fourth-order valence-corrected chi connectivity index (χ4v) is 4.29. The van der Waals surface area contributed by atoms with E-state index in [2.05, 4.69) is 20.8 Å². The van der Waals surface area contributed by atoms with Crippen LogP contribution in [-0.4, -0.2) is 57.4 Å². The van der Waals surface area contributed by atoms with Crippen molar-refractivity contribution in [2.24, 2.45) is 0 Å².